The van der Waals surface area contributed by atoms with E-state index in [9.17, 15) is 4.79 Å². The van der Waals surface area contributed by atoms with Crippen molar-refractivity contribution in [3.05, 3.63) is 47.9 Å². The van der Waals surface area contributed by atoms with Crippen molar-refractivity contribution in [1.82, 2.24) is 9.38 Å². The van der Waals surface area contributed by atoms with Gasteiger partial charge in [-0.2, -0.15) is 0 Å². The number of hydrogen-bond acceptors (Lipinski definition) is 5. The summed E-state index contributed by atoms with van der Waals surface area (Å²) >= 11 is 0. The Kier molecular flexibility index (Phi) is 4.47. The summed E-state index contributed by atoms with van der Waals surface area (Å²) < 4.78 is 17.5. The number of aryl methyl sites for hydroxylation is 1. The van der Waals surface area contributed by atoms with Crippen LogP contribution >= 0.6 is 0 Å². The number of hydrogen-bond donors (Lipinski definition) is 1. The molecule has 1 aromatic carbocycles. The van der Waals surface area contributed by atoms with Crippen LogP contribution in [0.5, 0.6) is 17.2 Å². The van der Waals surface area contributed by atoms with Gasteiger partial charge in [0.05, 0.1) is 32.7 Å². The Morgan fingerprint density at radius 1 is 1.08 bits per heavy atom. The van der Waals surface area contributed by atoms with Crippen LogP contribution in [0.1, 0.15) is 16.2 Å². The maximum atomic E-state index is 12.9. The van der Waals surface area contributed by atoms with Gasteiger partial charge in [-0.05, 0) is 31.2 Å². The zero-order chi connectivity index (χ0) is 18.0. The van der Waals surface area contributed by atoms with Crippen LogP contribution in [0.15, 0.2) is 36.5 Å². The van der Waals surface area contributed by atoms with Gasteiger partial charge in [0.15, 0.2) is 11.4 Å². The molecule has 0 aliphatic heterocycles. The van der Waals surface area contributed by atoms with Crippen LogP contribution < -0.4 is 19.5 Å². The number of aromatic nitrogens is 2. The average molecular weight is 341 g/mol. The van der Waals surface area contributed by atoms with Gasteiger partial charge in [0.2, 0.25) is 0 Å². The Morgan fingerprint density at radius 3 is 2.52 bits per heavy atom. The minimum absolute atomic E-state index is 0.301. The molecule has 0 spiro atoms. The number of fused-ring (bicyclic) bond motifs is 1. The molecule has 0 atom stereocenters. The van der Waals surface area contributed by atoms with Crippen LogP contribution in [-0.4, -0.2) is 36.6 Å². The van der Waals surface area contributed by atoms with Crippen molar-refractivity contribution >= 4 is 17.2 Å². The Hall–Kier alpha value is -3.22. The maximum Gasteiger partial charge on any atom is 0.274 e. The van der Waals surface area contributed by atoms with Crippen LogP contribution in [-0.2, 0) is 0 Å². The second kappa shape index (κ2) is 6.72. The van der Waals surface area contributed by atoms with Crippen LogP contribution in [0.3, 0.4) is 0 Å². The molecular weight excluding hydrogens is 322 g/mol. The van der Waals surface area contributed by atoms with Gasteiger partial charge in [0.1, 0.15) is 17.2 Å². The fourth-order valence-electron chi connectivity index (χ4n) is 2.68. The fraction of sp³-hybridized carbons (Fsp3) is 0.222. The standard InChI is InChI=1S/C18H19N3O4/c1-11-16(21-9-5-6-15(25-4)17(21)19-11)18(22)20-13-10-12(23-2)7-8-14(13)24-3/h5-10H,1-4H3,(H,20,22). The van der Waals surface area contributed by atoms with Crippen molar-refractivity contribution in [2.24, 2.45) is 0 Å². The third kappa shape index (κ3) is 2.96. The topological polar surface area (TPSA) is 74.1 Å². The van der Waals surface area contributed by atoms with Crippen molar-refractivity contribution in [3.8, 4) is 17.2 Å². The molecule has 2 aromatic heterocycles. The molecule has 0 aliphatic carbocycles. The van der Waals surface area contributed by atoms with Gasteiger partial charge in [-0.3, -0.25) is 9.20 Å². The van der Waals surface area contributed by atoms with Crippen molar-refractivity contribution in [1.29, 1.82) is 0 Å². The number of amides is 1. The van der Waals surface area contributed by atoms with E-state index < -0.39 is 0 Å². The maximum absolute atomic E-state index is 12.9. The molecule has 0 bridgehead atoms. The first-order chi connectivity index (χ1) is 12.1. The van der Waals surface area contributed by atoms with E-state index in [0.717, 1.165) is 0 Å². The zero-order valence-electron chi connectivity index (χ0n) is 14.5. The largest absolute Gasteiger partial charge is 0.497 e. The number of nitrogens with one attached hydrogen (secondary N) is 1. The number of imidazole rings is 1. The minimum Gasteiger partial charge on any atom is -0.497 e. The Morgan fingerprint density at radius 2 is 1.84 bits per heavy atom. The fourth-order valence-corrected chi connectivity index (χ4v) is 2.68. The van der Waals surface area contributed by atoms with Crippen molar-refractivity contribution in [3.63, 3.8) is 0 Å². The SMILES string of the molecule is COc1ccc(OC)c(NC(=O)c2c(C)nc3c(OC)cccn23)c1. The van der Waals surface area contributed by atoms with Crippen molar-refractivity contribution in [2.75, 3.05) is 26.6 Å². The highest BCUT2D eigenvalue weighted by molar-refractivity contribution is 6.05. The number of pyridine rings is 1. The number of anilines is 1. The number of carbonyl (C=O) groups is 1. The molecule has 25 heavy (non-hydrogen) atoms. The van der Waals surface area contributed by atoms with E-state index in [1.165, 1.54) is 0 Å². The van der Waals surface area contributed by atoms with Gasteiger partial charge < -0.3 is 19.5 Å². The molecule has 3 aromatic rings. The highest BCUT2D eigenvalue weighted by atomic mass is 16.5. The smallest absolute Gasteiger partial charge is 0.274 e. The van der Waals surface area contributed by atoms with Gasteiger partial charge >= 0.3 is 0 Å². The summed E-state index contributed by atoms with van der Waals surface area (Å²) in [6.07, 6.45) is 1.77. The average Bonchev–Trinajstić information content (AvgIpc) is 2.97. The van der Waals surface area contributed by atoms with Crippen LogP contribution in [0.4, 0.5) is 5.69 Å². The summed E-state index contributed by atoms with van der Waals surface area (Å²) in [6.45, 7) is 1.78. The van der Waals surface area contributed by atoms with E-state index in [1.807, 2.05) is 0 Å². The molecule has 0 fully saturated rings. The Labute approximate surface area is 145 Å². The molecule has 0 saturated carbocycles. The lowest BCUT2D eigenvalue weighted by atomic mass is 10.2. The number of methoxy groups -OCH3 is 3. The molecule has 3 rings (SSSR count). The Bertz CT molecular complexity index is 933. The summed E-state index contributed by atoms with van der Waals surface area (Å²) in [7, 11) is 4.68. The molecule has 1 amide bonds. The van der Waals surface area contributed by atoms with E-state index in [2.05, 4.69) is 10.3 Å². The minimum atomic E-state index is -0.301. The summed E-state index contributed by atoms with van der Waals surface area (Å²) in [5.74, 6) is 1.46. The predicted molar refractivity (Wildman–Crippen MR) is 94.0 cm³/mol. The van der Waals surface area contributed by atoms with Gasteiger partial charge in [0, 0.05) is 12.3 Å². The summed E-state index contributed by atoms with van der Waals surface area (Å²) in [5, 5.41) is 2.86. The molecular formula is C18H19N3O4. The Balaban J connectivity index is 2.03. The van der Waals surface area contributed by atoms with Crippen LogP contribution in [0.25, 0.3) is 5.65 Å². The zero-order valence-corrected chi connectivity index (χ0v) is 14.5. The quantitative estimate of drug-likeness (QED) is 0.772. The number of carbonyl (C=O) groups excluding carboxylic acids is 1. The second-order valence-electron chi connectivity index (χ2n) is 5.34. The summed E-state index contributed by atoms with van der Waals surface area (Å²) in [6, 6.07) is 8.80. The van der Waals surface area contributed by atoms with E-state index in [0.29, 0.717) is 40.0 Å². The molecule has 7 heteroatoms. The van der Waals surface area contributed by atoms with Gasteiger partial charge in [-0.1, -0.05) is 0 Å². The highest BCUT2D eigenvalue weighted by Gasteiger charge is 2.20. The van der Waals surface area contributed by atoms with Crippen molar-refractivity contribution in [2.45, 2.75) is 6.92 Å². The first-order valence-corrected chi connectivity index (χ1v) is 7.64. The normalized spacial score (nSPS) is 10.6. The molecule has 2 heterocycles. The van der Waals surface area contributed by atoms with E-state index >= 15 is 0 Å². The van der Waals surface area contributed by atoms with E-state index in [1.54, 1.807) is 69.2 Å². The molecule has 0 unspecified atom stereocenters. The summed E-state index contributed by atoms with van der Waals surface area (Å²) in [4.78, 5) is 17.3. The first kappa shape index (κ1) is 16.6. The molecule has 7 nitrogen and oxygen atoms in total. The third-order valence-corrected chi connectivity index (χ3v) is 3.88. The monoisotopic (exact) mass is 341 g/mol. The lowest BCUT2D eigenvalue weighted by Crippen LogP contribution is -2.16. The number of ether oxygens (including phenoxy) is 3. The summed E-state index contributed by atoms with van der Waals surface area (Å²) in [5.41, 5.74) is 2.14. The molecule has 0 aliphatic rings. The first-order valence-electron chi connectivity index (χ1n) is 7.64. The van der Waals surface area contributed by atoms with Crippen molar-refractivity contribution < 1.29 is 19.0 Å². The van der Waals surface area contributed by atoms with Crippen LogP contribution in [0, 0.1) is 6.92 Å². The number of nitrogens with zero attached hydrogens (tertiary/aromatic N) is 2. The van der Waals surface area contributed by atoms with E-state index in [-0.39, 0.29) is 5.91 Å². The van der Waals surface area contributed by atoms with Gasteiger partial charge in [-0.15, -0.1) is 0 Å². The third-order valence-electron chi connectivity index (χ3n) is 3.88. The highest BCUT2D eigenvalue weighted by Crippen LogP contribution is 2.30. The van der Waals surface area contributed by atoms with E-state index in [4.69, 9.17) is 14.2 Å². The van der Waals surface area contributed by atoms with Gasteiger partial charge in [-0.25, -0.2) is 4.98 Å². The molecule has 1 N–H and O–H groups in total. The lowest BCUT2D eigenvalue weighted by molar-refractivity contribution is 0.102. The second-order valence-corrected chi connectivity index (χ2v) is 5.34. The molecule has 0 saturated heterocycles. The van der Waals surface area contributed by atoms with Crippen LogP contribution in [0.2, 0.25) is 0 Å². The predicted octanol–water partition coefficient (Wildman–Crippen LogP) is 2.92. The number of benzene rings is 1. The molecule has 0 radical (unpaired) electrons. The lowest BCUT2D eigenvalue weighted by Gasteiger charge is -2.12. The van der Waals surface area contributed by atoms with Gasteiger partial charge in [0.25, 0.3) is 5.91 Å². The number of rotatable bonds is 5. The molecule has 130 valence electrons.